The molecule has 0 unspecified atom stereocenters. The van der Waals surface area contributed by atoms with Gasteiger partial charge in [-0.05, 0) is 33.4 Å². The van der Waals surface area contributed by atoms with Crippen LogP contribution in [0.3, 0.4) is 0 Å². The standard InChI is InChI=1S/C14H10BrNOS2/c15-11-5-6-18-13(11)7-16-14(17)10-8-19-12-4-2-1-3-9(10)12/h1-6,8H,7H2,(H,16,17). The van der Waals surface area contributed by atoms with Crippen LogP contribution in [-0.4, -0.2) is 5.91 Å². The third-order valence-electron chi connectivity index (χ3n) is 2.83. The lowest BCUT2D eigenvalue weighted by Gasteiger charge is -2.03. The van der Waals surface area contributed by atoms with Gasteiger partial charge in [-0.15, -0.1) is 22.7 Å². The van der Waals surface area contributed by atoms with E-state index in [1.807, 2.05) is 41.1 Å². The van der Waals surface area contributed by atoms with Gasteiger partial charge in [0.2, 0.25) is 0 Å². The zero-order chi connectivity index (χ0) is 13.2. The Morgan fingerprint density at radius 1 is 1.21 bits per heavy atom. The molecule has 0 spiro atoms. The number of benzene rings is 1. The summed E-state index contributed by atoms with van der Waals surface area (Å²) in [6.07, 6.45) is 0. The molecular weight excluding hydrogens is 342 g/mol. The summed E-state index contributed by atoms with van der Waals surface area (Å²) in [6, 6.07) is 9.96. The van der Waals surface area contributed by atoms with Gasteiger partial charge in [0.25, 0.3) is 5.91 Å². The lowest BCUT2D eigenvalue weighted by atomic mass is 10.1. The van der Waals surface area contributed by atoms with Gasteiger partial charge in [0.15, 0.2) is 0 Å². The topological polar surface area (TPSA) is 29.1 Å². The molecule has 0 aliphatic carbocycles. The van der Waals surface area contributed by atoms with Crippen LogP contribution in [0.4, 0.5) is 0 Å². The zero-order valence-corrected chi connectivity index (χ0v) is 13.1. The fourth-order valence-corrected chi connectivity index (χ4v) is 4.23. The molecule has 5 heteroatoms. The lowest BCUT2D eigenvalue weighted by molar-refractivity contribution is 0.0953. The molecule has 2 nitrogen and oxygen atoms in total. The second-order valence-electron chi connectivity index (χ2n) is 4.02. The molecule has 0 atom stereocenters. The highest BCUT2D eigenvalue weighted by Gasteiger charge is 2.12. The maximum atomic E-state index is 12.2. The molecule has 0 saturated carbocycles. The van der Waals surface area contributed by atoms with Gasteiger partial charge in [-0.3, -0.25) is 4.79 Å². The average molecular weight is 352 g/mol. The van der Waals surface area contributed by atoms with Gasteiger partial charge in [0, 0.05) is 24.8 Å². The van der Waals surface area contributed by atoms with Crippen LogP contribution in [0, 0.1) is 0 Å². The van der Waals surface area contributed by atoms with Crippen molar-refractivity contribution in [2.75, 3.05) is 0 Å². The smallest absolute Gasteiger partial charge is 0.253 e. The molecule has 0 aliphatic rings. The molecule has 2 heterocycles. The Labute approximate surface area is 127 Å². The van der Waals surface area contributed by atoms with Crippen molar-refractivity contribution in [2.45, 2.75) is 6.54 Å². The largest absolute Gasteiger partial charge is 0.347 e. The highest BCUT2D eigenvalue weighted by atomic mass is 79.9. The maximum absolute atomic E-state index is 12.2. The minimum Gasteiger partial charge on any atom is -0.347 e. The predicted octanol–water partition coefficient (Wildman–Crippen LogP) is 4.66. The number of rotatable bonds is 3. The van der Waals surface area contributed by atoms with Crippen LogP contribution < -0.4 is 5.32 Å². The van der Waals surface area contributed by atoms with E-state index in [2.05, 4.69) is 21.2 Å². The van der Waals surface area contributed by atoms with Gasteiger partial charge < -0.3 is 5.32 Å². The van der Waals surface area contributed by atoms with Gasteiger partial charge in [0.1, 0.15) is 0 Å². The van der Waals surface area contributed by atoms with E-state index in [0.717, 1.165) is 25.0 Å². The van der Waals surface area contributed by atoms with E-state index in [-0.39, 0.29) is 5.91 Å². The summed E-state index contributed by atoms with van der Waals surface area (Å²) in [5.74, 6) is -0.0160. The van der Waals surface area contributed by atoms with Crippen molar-refractivity contribution in [2.24, 2.45) is 0 Å². The number of carbonyl (C=O) groups is 1. The molecule has 3 aromatic rings. The van der Waals surface area contributed by atoms with Crippen molar-refractivity contribution in [1.29, 1.82) is 0 Å². The number of amides is 1. The van der Waals surface area contributed by atoms with Gasteiger partial charge in [-0.1, -0.05) is 18.2 Å². The van der Waals surface area contributed by atoms with Crippen molar-refractivity contribution in [3.05, 3.63) is 56.0 Å². The molecule has 1 aromatic carbocycles. The lowest BCUT2D eigenvalue weighted by Crippen LogP contribution is -2.22. The Bertz CT molecular complexity index is 732. The Kier molecular flexibility index (Phi) is 3.68. The van der Waals surface area contributed by atoms with E-state index in [1.165, 1.54) is 0 Å². The Hall–Kier alpha value is -1.17. The normalized spacial score (nSPS) is 10.8. The quantitative estimate of drug-likeness (QED) is 0.730. The summed E-state index contributed by atoms with van der Waals surface area (Å²) >= 11 is 6.70. The number of fused-ring (bicyclic) bond motifs is 1. The summed E-state index contributed by atoms with van der Waals surface area (Å²) in [6.45, 7) is 0.557. The molecule has 96 valence electrons. The Morgan fingerprint density at radius 2 is 2.05 bits per heavy atom. The summed E-state index contributed by atoms with van der Waals surface area (Å²) < 4.78 is 2.19. The molecule has 0 saturated heterocycles. The third kappa shape index (κ3) is 2.59. The SMILES string of the molecule is O=C(NCc1sccc1Br)c1csc2ccccc12. The number of thiophene rings is 2. The first-order valence-corrected chi connectivity index (χ1v) is 8.27. The van der Waals surface area contributed by atoms with Crippen molar-refractivity contribution >= 4 is 54.6 Å². The molecule has 0 fully saturated rings. The predicted molar refractivity (Wildman–Crippen MR) is 85.0 cm³/mol. The average Bonchev–Trinajstić information content (AvgIpc) is 3.02. The van der Waals surface area contributed by atoms with E-state index >= 15 is 0 Å². The van der Waals surface area contributed by atoms with E-state index in [4.69, 9.17) is 0 Å². The van der Waals surface area contributed by atoms with E-state index in [1.54, 1.807) is 22.7 Å². The van der Waals surface area contributed by atoms with E-state index < -0.39 is 0 Å². The van der Waals surface area contributed by atoms with Gasteiger partial charge in [-0.2, -0.15) is 0 Å². The number of halogens is 1. The first kappa shape index (κ1) is 12.8. The molecule has 0 aliphatic heterocycles. The zero-order valence-electron chi connectivity index (χ0n) is 9.85. The van der Waals surface area contributed by atoms with Crippen molar-refractivity contribution in [1.82, 2.24) is 5.32 Å². The summed E-state index contributed by atoms with van der Waals surface area (Å²) in [4.78, 5) is 13.3. The minimum atomic E-state index is -0.0160. The minimum absolute atomic E-state index is 0.0160. The maximum Gasteiger partial charge on any atom is 0.253 e. The summed E-state index contributed by atoms with van der Waals surface area (Å²) in [5.41, 5.74) is 0.758. The van der Waals surface area contributed by atoms with Gasteiger partial charge in [-0.25, -0.2) is 0 Å². The van der Waals surface area contributed by atoms with Crippen LogP contribution in [0.25, 0.3) is 10.1 Å². The second kappa shape index (κ2) is 5.45. The fraction of sp³-hybridized carbons (Fsp3) is 0.0714. The molecule has 0 radical (unpaired) electrons. The number of hydrogen-bond donors (Lipinski definition) is 1. The highest BCUT2D eigenvalue weighted by Crippen LogP contribution is 2.26. The van der Waals surface area contributed by atoms with Crippen LogP contribution in [0.2, 0.25) is 0 Å². The van der Waals surface area contributed by atoms with E-state index in [0.29, 0.717) is 6.54 Å². The monoisotopic (exact) mass is 351 g/mol. The summed E-state index contributed by atoms with van der Waals surface area (Å²) in [5, 5.41) is 7.92. The molecule has 3 rings (SSSR count). The molecule has 19 heavy (non-hydrogen) atoms. The van der Waals surface area contributed by atoms with Crippen LogP contribution >= 0.6 is 38.6 Å². The van der Waals surface area contributed by atoms with Gasteiger partial charge in [0.05, 0.1) is 12.1 Å². The van der Waals surface area contributed by atoms with Crippen LogP contribution in [0.1, 0.15) is 15.2 Å². The number of hydrogen-bond acceptors (Lipinski definition) is 3. The molecule has 0 bridgehead atoms. The molecular formula is C14H10BrNOS2. The Morgan fingerprint density at radius 3 is 2.84 bits per heavy atom. The van der Waals surface area contributed by atoms with Crippen LogP contribution in [0.5, 0.6) is 0 Å². The highest BCUT2D eigenvalue weighted by molar-refractivity contribution is 9.10. The first-order chi connectivity index (χ1) is 9.25. The Balaban J connectivity index is 1.79. The van der Waals surface area contributed by atoms with Crippen LogP contribution in [-0.2, 0) is 6.54 Å². The van der Waals surface area contributed by atoms with Crippen LogP contribution in [0.15, 0.2) is 45.6 Å². The first-order valence-electron chi connectivity index (χ1n) is 5.72. The van der Waals surface area contributed by atoms with Gasteiger partial charge >= 0.3 is 0 Å². The molecule has 1 amide bonds. The third-order valence-corrected chi connectivity index (χ3v) is 5.72. The second-order valence-corrected chi connectivity index (χ2v) is 6.79. The number of carbonyl (C=O) groups excluding carboxylic acids is 1. The number of nitrogens with one attached hydrogen (secondary N) is 1. The summed E-state index contributed by atoms with van der Waals surface area (Å²) in [7, 11) is 0. The van der Waals surface area contributed by atoms with Crippen molar-refractivity contribution in [3.63, 3.8) is 0 Å². The fourth-order valence-electron chi connectivity index (χ4n) is 1.86. The van der Waals surface area contributed by atoms with Crippen molar-refractivity contribution in [3.8, 4) is 0 Å². The molecule has 2 aromatic heterocycles. The van der Waals surface area contributed by atoms with E-state index in [9.17, 15) is 4.79 Å². The van der Waals surface area contributed by atoms with Crippen molar-refractivity contribution < 1.29 is 4.79 Å². The molecule has 1 N–H and O–H groups in total.